The molecule has 4 nitrogen and oxygen atoms in total. The van der Waals surface area contributed by atoms with Crippen LogP contribution in [0, 0.1) is 0 Å². The molecule has 2 N–H and O–H groups in total. The molecule has 124 valence electrons. The molecule has 1 aromatic heterocycles. The number of hydrogen-bond acceptors (Lipinski definition) is 2. The second-order valence-electron chi connectivity index (χ2n) is 6.11. The fourth-order valence-corrected chi connectivity index (χ4v) is 2.62. The van der Waals surface area contributed by atoms with E-state index in [0.29, 0.717) is 18.9 Å². The van der Waals surface area contributed by atoms with Crippen molar-refractivity contribution in [3.8, 4) is 5.75 Å². The van der Waals surface area contributed by atoms with Crippen molar-refractivity contribution in [2.45, 2.75) is 26.2 Å². The van der Waals surface area contributed by atoms with Gasteiger partial charge in [0.1, 0.15) is 5.75 Å². The van der Waals surface area contributed by atoms with E-state index in [0.717, 1.165) is 22.3 Å². The van der Waals surface area contributed by atoms with Crippen LogP contribution in [0.15, 0.2) is 54.7 Å². The highest BCUT2D eigenvalue weighted by Crippen LogP contribution is 2.22. The van der Waals surface area contributed by atoms with Crippen LogP contribution in [0.5, 0.6) is 5.75 Å². The van der Waals surface area contributed by atoms with Crippen molar-refractivity contribution < 1.29 is 9.53 Å². The number of benzene rings is 2. The zero-order valence-electron chi connectivity index (χ0n) is 14.0. The molecule has 4 heteroatoms. The van der Waals surface area contributed by atoms with Crippen LogP contribution in [-0.4, -0.2) is 17.5 Å². The van der Waals surface area contributed by atoms with Gasteiger partial charge in [0.25, 0.3) is 0 Å². The molecule has 0 radical (unpaired) electrons. The summed E-state index contributed by atoms with van der Waals surface area (Å²) in [5, 5.41) is 3.95. The Morgan fingerprint density at radius 1 is 1.12 bits per heavy atom. The monoisotopic (exact) mass is 322 g/mol. The number of aromatic amines is 1. The minimum atomic E-state index is -0.0532. The van der Waals surface area contributed by atoms with E-state index in [1.807, 2.05) is 42.6 Å². The second-order valence-corrected chi connectivity index (χ2v) is 6.11. The van der Waals surface area contributed by atoms with Gasteiger partial charge in [-0.15, -0.1) is 0 Å². The summed E-state index contributed by atoms with van der Waals surface area (Å²) in [5.41, 5.74) is 3.11. The number of carbonyl (C=O) groups is 1. The molecule has 0 saturated heterocycles. The SMILES string of the molecule is CC(C)c1ccc(OCCC(=O)Nc2cccc3[nH]ccc23)cc1. The number of anilines is 1. The molecule has 24 heavy (non-hydrogen) atoms. The fourth-order valence-electron chi connectivity index (χ4n) is 2.62. The number of carbonyl (C=O) groups excluding carboxylic acids is 1. The largest absolute Gasteiger partial charge is 0.493 e. The number of hydrogen-bond donors (Lipinski definition) is 2. The topological polar surface area (TPSA) is 54.1 Å². The van der Waals surface area contributed by atoms with Crippen LogP contribution in [0.2, 0.25) is 0 Å². The summed E-state index contributed by atoms with van der Waals surface area (Å²) in [5.74, 6) is 1.24. The maximum atomic E-state index is 12.1. The summed E-state index contributed by atoms with van der Waals surface area (Å²) in [7, 11) is 0. The van der Waals surface area contributed by atoms with Crippen molar-refractivity contribution in [2.24, 2.45) is 0 Å². The lowest BCUT2D eigenvalue weighted by atomic mass is 10.0. The summed E-state index contributed by atoms with van der Waals surface area (Å²) >= 11 is 0. The lowest BCUT2D eigenvalue weighted by Gasteiger charge is -2.10. The Morgan fingerprint density at radius 3 is 2.67 bits per heavy atom. The highest BCUT2D eigenvalue weighted by Gasteiger charge is 2.07. The van der Waals surface area contributed by atoms with Gasteiger partial charge in [0.15, 0.2) is 0 Å². The Bertz CT molecular complexity index is 819. The zero-order valence-corrected chi connectivity index (χ0v) is 14.0. The van der Waals surface area contributed by atoms with Gasteiger partial charge in [0, 0.05) is 17.1 Å². The first-order chi connectivity index (χ1) is 11.6. The zero-order chi connectivity index (χ0) is 16.9. The third-order valence-electron chi connectivity index (χ3n) is 4.01. The first-order valence-corrected chi connectivity index (χ1v) is 8.22. The van der Waals surface area contributed by atoms with E-state index in [2.05, 4.69) is 36.3 Å². The Balaban J connectivity index is 1.51. The summed E-state index contributed by atoms with van der Waals surface area (Å²) in [6.45, 7) is 4.67. The summed E-state index contributed by atoms with van der Waals surface area (Å²) in [6, 6.07) is 15.8. The number of ether oxygens (including phenoxy) is 1. The van der Waals surface area contributed by atoms with E-state index in [4.69, 9.17) is 4.74 Å². The van der Waals surface area contributed by atoms with Crippen molar-refractivity contribution in [3.63, 3.8) is 0 Å². The molecule has 0 aliphatic heterocycles. The minimum absolute atomic E-state index is 0.0532. The van der Waals surface area contributed by atoms with Crippen LogP contribution in [0.1, 0.15) is 31.7 Å². The summed E-state index contributed by atoms with van der Waals surface area (Å²) in [4.78, 5) is 15.2. The van der Waals surface area contributed by atoms with Crippen LogP contribution >= 0.6 is 0 Å². The van der Waals surface area contributed by atoms with E-state index in [1.54, 1.807) is 0 Å². The molecule has 3 rings (SSSR count). The fraction of sp³-hybridized carbons (Fsp3) is 0.250. The van der Waals surface area contributed by atoms with Gasteiger partial charge in [0.2, 0.25) is 5.91 Å². The molecule has 0 aliphatic carbocycles. The molecule has 0 fully saturated rings. The Labute approximate surface area is 141 Å². The Morgan fingerprint density at radius 2 is 1.92 bits per heavy atom. The molecule has 0 bridgehead atoms. The molecular formula is C20H22N2O2. The minimum Gasteiger partial charge on any atom is -0.493 e. The average molecular weight is 322 g/mol. The molecule has 3 aromatic rings. The van der Waals surface area contributed by atoms with Crippen LogP contribution in [0.25, 0.3) is 10.9 Å². The van der Waals surface area contributed by atoms with Crippen molar-refractivity contribution in [1.82, 2.24) is 4.98 Å². The first kappa shape index (κ1) is 16.1. The first-order valence-electron chi connectivity index (χ1n) is 8.22. The molecular weight excluding hydrogens is 300 g/mol. The Hall–Kier alpha value is -2.75. The lowest BCUT2D eigenvalue weighted by molar-refractivity contribution is -0.116. The lowest BCUT2D eigenvalue weighted by Crippen LogP contribution is -2.15. The maximum absolute atomic E-state index is 12.1. The van der Waals surface area contributed by atoms with Crippen molar-refractivity contribution in [1.29, 1.82) is 0 Å². The van der Waals surface area contributed by atoms with Gasteiger partial charge in [0.05, 0.1) is 18.7 Å². The highest BCUT2D eigenvalue weighted by molar-refractivity contribution is 6.01. The normalized spacial score (nSPS) is 11.0. The standard InChI is InChI=1S/C20H22N2O2/c1-14(2)15-6-8-16(9-7-15)24-13-11-20(23)22-19-5-3-4-18-17(19)10-12-21-18/h3-10,12,14,21H,11,13H2,1-2H3,(H,22,23). The predicted octanol–water partition coefficient (Wildman–Crippen LogP) is 4.70. The molecule has 0 saturated carbocycles. The van der Waals surface area contributed by atoms with Gasteiger partial charge in [-0.3, -0.25) is 4.79 Å². The number of fused-ring (bicyclic) bond motifs is 1. The van der Waals surface area contributed by atoms with E-state index >= 15 is 0 Å². The molecule has 1 heterocycles. The number of aromatic nitrogens is 1. The van der Waals surface area contributed by atoms with Crippen LogP contribution in [0.4, 0.5) is 5.69 Å². The average Bonchev–Trinajstić information content (AvgIpc) is 3.05. The van der Waals surface area contributed by atoms with E-state index in [1.165, 1.54) is 5.56 Å². The molecule has 0 spiro atoms. The van der Waals surface area contributed by atoms with Crippen LogP contribution < -0.4 is 10.1 Å². The van der Waals surface area contributed by atoms with E-state index < -0.39 is 0 Å². The van der Waals surface area contributed by atoms with E-state index in [-0.39, 0.29) is 5.91 Å². The second kappa shape index (κ2) is 7.21. The third kappa shape index (κ3) is 3.77. The molecule has 0 atom stereocenters. The van der Waals surface area contributed by atoms with Crippen molar-refractivity contribution in [2.75, 3.05) is 11.9 Å². The number of rotatable bonds is 6. The van der Waals surface area contributed by atoms with Gasteiger partial charge >= 0.3 is 0 Å². The quantitative estimate of drug-likeness (QED) is 0.691. The number of H-pyrrole nitrogens is 1. The van der Waals surface area contributed by atoms with Crippen LogP contribution in [0.3, 0.4) is 0 Å². The van der Waals surface area contributed by atoms with Gasteiger partial charge < -0.3 is 15.0 Å². The molecule has 2 aromatic carbocycles. The molecule has 0 unspecified atom stereocenters. The van der Waals surface area contributed by atoms with Crippen LogP contribution in [-0.2, 0) is 4.79 Å². The van der Waals surface area contributed by atoms with Crippen molar-refractivity contribution >= 4 is 22.5 Å². The highest BCUT2D eigenvalue weighted by atomic mass is 16.5. The van der Waals surface area contributed by atoms with Gasteiger partial charge in [-0.25, -0.2) is 0 Å². The summed E-state index contributed by atoms with van der Waals surface area (Å²) < 4.78 is 5.65. The smallest absolute Gasteiger partial charge is 0.227 e. The third-order valence-corrected chi connectivity index (χ3v) is 4.01. The number of nitrogens with one attached hydrogen (secondary N) is 2. The van der Waals surface area contributed by atoms with Gasteiger partial charge in [-0.05, 0) is 41.8 Å². The van der Waals surface area contributed by atoms with Gasteiger partial charge in [-0.2, -0.15) is 0 Å². The van der Waals surface area contributed by atoms with Gasteiger partial charge in [-0.1, -0.05) is 32.0 Å². The predicted molar refractivity (Wildman–Crippen MR) is 97.6 cm³/mol. The number of amides is 1. The van der Waals surface area contributed by atoms with Crippen molar-refractivity contribution in [3.05, 3.63) is 60.3 Å². The molecule has 0 aliphatic rings. The summed E-state index contributed by atoms with van der Waals surface area (Å²) in [6.07, 6.45) is 2.18. The Kier molecular flexibility index (Phi) is 4.85. The van der Waals surface area contributed by atoms with E-state index in [9.17, 15) is 4.79 Å². The maximum Gasteiger partial charge on any atom is 0.227 e. The molecule has 1 amide bonds.